The smallest absolute Gasteiger partial charge is 0.177 e. The van der Waals surface area contributed by atoms with Gasteiger partial charge in [-0.25, -0.2) is 0 Å². The normalized spacial score (nSPS) is 19.9. The standard InChI is InChI=1S/C24H23Cl2NO2/c25-21-13-19(14-22(26)15-21)17-29-24-23(20-9-5-2-6-10-20)27(11-12-28-24)16-18-7-3-1-4-8-18/h1-10,13-15,23-24H,11-12,16-17H2/t23-,24+/m0/s1. The number of halogens is 2. The molecule has 0 aliphatic carbocycles. The van der Waals surface area contributed by atoms with Crippen LogP contribution in [0.2, 0.25) is 10.0 Å². The number of benzene rings is 3. The summed E-state index contributed by atoms with van der Waals surface area (Å²) >= 11 is 12.3. The van der Waals surface area contributed by atoms with Crippen molar-refractivity contribution in [3.8, 4) is 0 Å². The topological polar surface area (TPSA) is 21.7 Å². The van der Waals surface area contributed by atoms with Crippen LogP contribution in [-0.2, 0) is 22.6 Å². The summed E-state index contributed by atoms with van der Waals surface area (Å²) in [5.74, 6) is 0. The fourth-order valence-electron chi connectivity index (χ4n) is 3.71. The highest BCUT2D eigenvalue weighted by atomic mass is 35.5. The van der Waals surface area contributed by atoms with Gasteiger partial charge in [-0.1, -0.05) is 83.9 Å². The molecule has 0 unspecified atom stereocenters. The molecule has 0 aromatic heterocycles. The Labute approximate surface area is 181 Å². The molecular formula is C24H23Cl2NO2. The van der Waals surface area contributed by atoms with E-state index < -0.39 is 0 Å². The molecule has 0 bridgehead atoms. The summed E-state index contributed by atoms with van der Waals surface area (Å²) in [6.45, 7) is 2.69. The quantitative estimate of drug-likeness (QED) is 0.473. The van der Waals surface area contributed by atoms with Crippen LogP contribution in [0, 0.1) is 0 Å². The van der Waals surface area contributed by atoms with Gasteiger partial charge in [-0.05, 0) is 34.9 Å². The first-order chi connectivity index (χ1) is 14.2. The molecule has 3 aromatic rings. The molecule has 4 rings (SSSR count). The lowest BCUT2D eigenvalue weighted by Crippen LogP contribution is -2.46. The van der Waals surface area contributed by atoms with E-state index in [1.807, 2.05) is 24.3 Å². The predicted molar refractivity (Wildman–Crippen MR) is 117 cm³/mol. The van der Waals surface area contributed by atoms with Crippen molar-refractivity contribution in [3.63, 3.8) is 0 Å². The number of ether oxygens (including phenoxy) is 2. The Kier molecular flexibility index (Phi) is 6.86. The van der Waals surface area contributed by atoms with E-state index in [1.54, 1.807) is 6.07 Å². The fourth-order valence-corrected chi connectivity index (χ4v) is 4.29. The van der Waals surface area contributed by atoms with Gasteiger partial charge in [-0.15, -0.1) is 0 Å². The van der Waals surface area contributed by atoms with Crippen LogP contribution in [0.5, 0.6) is 0 Å². The van der Waals surface area contributed by atoms with Crippen molar-refractivity contribution in [2.45, 2.75) is 25.5 Å². The minimum absolute atomic E-state index is 0.000174. The number of morpholine rings is 1. The highest BCUT2D eigenvalue weighted by molar-refractivity contribution is 6.34. The zero-order valence-corrected chi connectivity index (χ0v) is 17.5. The van der Waals surface area contributed by atoms with Crippen LogP contribution in [-0.4, -0.2) is 24.3 Å². The maximum absolute atomic E-state index is 6.23. The zero-order valence-electron chi connectivity index (χ0n) is 16.0. The molecule has 1 aliphatic rings. The Morgan fingerprint density at radius 2 is 1.52 bits per heavy atom. The van der Waals surface area contributed by atoms with Gasteiger partial charge in [0.2, 0.25) is 0 Å². The van der Waals surface area contributed by atoms with E-state index in [0.717, 1.165) is 18.7 Å². The van der Waals surface area contributed by atoms with E-state index >= 15 is 0 Å². The molecule has 0 amide bonds. The van der Waals surface area contributed by atoms with Crippen LogP contribution in [0.15, 0.2) is 78.9 Å². The summed E-state index contributed by atoms with van der Waals surface area (Å²) in [5, 5.41) is 1.21. The summed E-state index contributed by atoms with van der Waals surface area (Å²) in [6.07, 6.45) is -0.382. The average molecular weight is 428 g/mol. The van der Waals surface area contributed by atoms with Crippen molar-refractivity contribution in [3.05, 3.63) is 106 Å². The SMILES string of the molecule is Clc1cc(Cl)cc(CO[C@H]2OCCN(Cc3ccccc3)[C@H]2c2ccccc2)c1. The molecule has 1 fully saturated rings. The van der Waals surface area contributed by atoms with Gasteiger partial charge < -0.3 is 9.47 Å². The van der Waals surface area contributed by atoms with Crippen LogP contribution in [0.3, 0.4) is 0 Å². The van der Waals surface area contributed by atoms with Gasteiger partial charge in [0.15, 0.2) is 6.29 Å². The van der Waals surface area contributed by atoms with Gasteiger partial charge >= 0.3 is 0 Å². The van der Waals surface area contributed by atoms with E-state index in [4.69, 9.17) is 32.7 Å². The second-order valence-corrected chi connectivity index (χ2v) is 8.01. The van der Waals surface area contributed by atoms with Gasteiger partial charge in [-0.3, -0.25) is 4.90 Å². The first-order valence-electron chi connectivity index (χ1n) is 9.70. The Morgan fingerprint density at radius 1 is 0.862 bits per heavy atom. The number of hydrogen-bond acceptors (Lipinski definition) is 3. The van der Waals surface area contributed by atoms with Crippen LogP contribution >= 0.6 is 23.2 Å². The molecule has 2 atom stereocenters. The van der Waals surface area contributed by atoms with E-state index in [2.05, 4.69) is 53.4 Å². The lowest BCUT2D eigenvalue weighted by Gasteiger charge is -2.41. The van der Waals surface area contributed by atoms with E-state index in [0.29, 0.717) is 23.3 Å². The maximum atomic E-state index is 6.23. The second kappa shape index (κ2) is 9.75. The average Bonchev–Trinajstić information content (AvgIpc) is 2.73. The third-order valence-corrected chi connectivity index (χ3v) is 5.45. The molecule has 1 aliphatic heterocycles. The summed E-state index contributed by atoms with van der Waals surface area (Å²) in [6, 6.07) is 26.4. The Morgan fingerprint density at radius 3 is 2.21 bits per heavy atom. The third-order valence-electron chi connectivity index (χ3n) is 5.02. The van der Waals surface area contributed by atoms with Crippen molar-refractivity contribution in [1.82, 2.24) is 4.90 Å². The number of nitrogens with zero attached hydrogens (tertiary/aromatic N) is 1. The molecule has 0 spiro atoms. The first kappa shape index (κ1) is 20.4. The Hall–Kier alpha value is -1.88. The first-order valence-corrected chi connectivity index (χ1v) is 10.5. The molecule has 3 aromatic carbocycles. The van der Waals surface area contributed by atoms with Crippen molar-refractivity contribution >= 4 is 23.2 Å². The molecule has 0 N–H and O–H groups in total. The van der Waals surface area contributed by atoms with Crippen molar-refractivity contribution in [2.24, 2.45) is 0 Å². The largest absolute Gasteiger partial charge is 0.349 e. The molecular weight excluding hydrogens is 405 g/mol. The number of hydrogen-bond donors (Lipinski definition) is 0. The molecule has 0 saturated carbocycles. The van der Waals surface area contributed by atoms with Gasteiger partial charge in [0.1, 0.15) is 0 Å². The van der Waals surface area contributed by atoms with E-state index in [1.165, 1.54) is 11.1 Å². The fraction of sp³-hybridized carbons (Fsp3) is 0.250. The molecule has 1 heterocycles. The highest BCUT2D eigenvalue weighted by Crippen LogP contribution is 2.32. The second-order valence-electron chi connectivity index (χ2n) is 7.14. The predicted octanol–water partition coefficient (Wildman–Crippen LogP) is 6.11. The van der Waals surface area contributed by atoms with Gasteiger partial charge in [0.25, 0.3) is 0 Å². The molecule has 0 radical (unpaired) electrons. The minimum atomic E-state index is -0.382. The van der Waals surface area contributed by atoms with Gasteiger partial charge in [0.05, 0.1) is 19.3 Å². The van der Waals surface area contributed by atoms with E-state index in [-0.39, 0.29) is 12.3 Å². The molecule has 5 heteroatoms. The molecule has 1 saturated heterocycles. The summed E-state index contributed by atoms with van der Waals surface area (Å²) in [4.78, 5) is 2.42. The molecule has 150 valence electrons. The van der Waals surface area contributed by atoms with Crippen molar-refractivity contribution < 1.29 is 9.47 Å². The Balaban J connectivity index is 1.55. The number of rotatable bonds is 6. The summed E-state index contributed by atoms with van der Waals surface area (Å²) in [7, 11) is 0. The van der Waals surface area contributed by atoms with Gasteiger partial charge in [-0.2, -0.15) is 0 Å². The monoisotopic (exact) mass is 427 g/mol. The Bertz CT molecular complexity index is 900. The summed E-state index contributed by atoms with van der Waals surface area (Å²) in [5.41, 5.74) is 3.38. The van der Waals surface area contributed by atoms with Crippen LogP contribution in [0.25, 0.3) is 0 Å². The van der Waals surface area contributed by atoms with Crippen LogP contribution < -0.4 is 0 Å². The highest BCUT2D eigenvalue weighted by Gasteiger charge is 2.34. The van der Waals surface area contributed by atoms with Gasteiger partial charge in [0, 0.05) is 23.1 Å². The van der Waals surface area contributed by atoms with E-state index in [9.17, 15) is 0 Å². The molecule has 29 heavy (non-hydrogen) atoms. The lowest BCUT2D eigenvalue weighted by molar-refractivity contribution is -0.218. The maximum Gasteiger partial charge on any atom is 0.177 e. The lowest BCUT2D eigenvalue weighted by atomic mass is 10.0. The minimum Gasteiger partial charge on any atom is -0.349 e. The van der Waals surface area contributed by atoms with Crippen molar-refractivity contribution in [1.29, 1.82) is 0 Å². The zero-order chi connectivity index (χ0) is 20.1. The van der Waals surface area contributed by atoms with Crippen molar-refractivity contribution in [2.75, 3.05) is 13.2 Å². The molecule has 3 nitrogen and oxygen atoms in total. The van der Waals surface area contributed by atoms with Crippen LogP contribution in [0.1, 0.15) is 22.7 Å². The van der Waals surface area contributed by atoms with Crippen LogP contribution in [0.4, 0.5) is 0 Å². The summed E-state index contributed by atoms with van der Waals surface area (Å²) < 4.78 is 12.3. The third kappa shape index (κ3) is 5.39.